The Bertz CT molecular complexity index is 767. The topological polar surface area (TPSA) is 44.1 Å². The molecule has 0 saturated carbocycles. The fourth-order valence-electron chi connectivity index (χ4n) is 1.93. The van der Waals surface area contributed by atoms with Crippen LogP contribution in [0.1, 0.15) is 4.79 Å². The van der Waals surface area contributed by atoms with Crippen LogP contribution in [0.5, 0.6) is 5.75 Å². The summed E-state index contributed by atoms with van der Waals surface area (Å²) < 4.78 is 7.91. The molecule has 0 aliphatic rings. The van der Waals surface area contributed by atoms with Gasteiger partial charge in [-0.15, -0.1) is 0 Å². The zero-order valence-electron chi connectivity index (χ0n) is 10.5. The first-order valence-electron chi connectivity index (χ1n) is 6.08. The number of carbonyl (C=O) groups excluding carboxylic acids is 1. The number of nitrogens with zero attached hydrogens (tertiary/aromatic N) is 2. The van der Waals surface area contributed by atoms with Crippen molar-refractivity contribution in [2.75, 3.05) is 6.61 Å². The normalized spacial score (nSPS) is 10.7. The Morgan fingerprint density at radius 3 is 2.90 bits per heavy atom. The lowest BCUT2D eigenvalue weighted by Crippen LogP contribution is -2.18. The lowest BCUT2D eigenvalue weighted by atomic mass is 10.3. The van der Waals surface area contributed by atoms with Gasteiger partial charge in [-0.3, -0.25) is 9.36 Å². The van der Waals surface area contributed by atoms with Gasteiger partial charge in [-0.1, -0.05) is 34.1 Å². The molecule has 0 radical (unpaired) electrons. The third kappa shape index (κ3) is 2.58. The van der Waals surface area contributed by atoms with E-state index in [2.05, 4.69) is 20.9 Å². The first kappa shape index (κ1) is 12.9. The molecule has 3 rings (SSSR count). The summed E-state index contributed by atoms with van der Waals surface area (Å²) in [6.07, 6.45) is 1.53. The van der Waals surface area contributed by atoms with Gasteiger partial charge in [0.05, 0.1) is 11.0 Å². The second-order valence-electron chi connectivity index (χ2n) is 4.24. The largest absolute Gasteiger partial charge is 0.484 e. The Hall–Kier alpha value is -2.14. The van der Waals surface area contributed by atoms with E-state index in [1.165, 1.54) is 10.9 Å². The van der Waals surface area contributed by atoms with Crippen LogP contribution in [-0.2, 0) is 0 Å². The Morgan fingerprint density at radius 2 is 2.05 bits per heavy atom. The lowest BCUT2D eigenvalue weighted by molar-refractivity contribution is 0.0842. The van der Waals surface area contributed by atoms with E-state index in [9.17, 15) is 4.79 Å². The van der Waals surface area contributed by atoms with Crippen molar-refractivity contribution in [1.82, 2.24) is 9.55 Å². The van der Waals surface area contributed by atoms with E-state index in [4.69, 9.17) is 4.74 Å². The number of hydrogen-bond acceptors (Lipinski definition) is 3. The summed E-state index contributed by atoms with van der Waals surface area (Å²) in [7, 11) is 0. The van der Waals surface area contributed by atoms with Crippen LogP contribution in [0.15, 0.2) is 59.3 Å². The number of halogens is 1. The maximum atomic E-state index is 12.2. The average molecular weight is 331 g/mol. The average Bonchev–Trinajstić information content (AvgIpc) is 2.89. The minimum atomic E-state index is -0.154. The highest BCUT2D eigenvalue weighted by Gasteiger charge is 2.10. The summed E-state index contributed by atoms with van der Waals surface area (Å²) in [5.41, 5.74) is 1.58. The van der Waals surface area contributed by atoms with Gasteiger partial charge in [0.2, 0.25) is 0 Å². The molecule has 2 aromatic carbocycles. The van der Waals surface area contributed by atoms with Crippen LogP contribution in [-0.4, -0.2) is 22.1 Å². The zero-order chi connectivity index (χ0) is 13.9. The van der Waals surface area contributed by atoms with Crippen LogP contribution in [0.4, 0.5) is 0 Å². The number of aromatic nitrogens is 2. The number of hydrogen-bond donors (Lipinski definition) is 0. The number of rotatable bonds is 3. The van der Waals surface area contributed by atoms with Gasteiger partial charge in [0, 0.05) is 4.47 Å². The van der Waals surface area contributed by atoms with E-state index in [1.807, 2.05) is 48.5 Å². The zero-order valence-corrected chi connectivity index (χ0v) is 12.1. The minimum Gasteiger partial charge on any atom is -0.484 e. The van der Waals surface area contributed by atoms with Crippen LogP contribution in [0, 0.1) is 0 Å². The quantitative estimate of drug-likeness (QED) is 0.738. The van der Waals surface area contributed by atoms with Gasteiger partial charge < -0.3 is 4.74 Å². The van der Waals surface area contributed by atoms with Crippen LogP contribution < -0.4 is 4.74 Å². The molecule has 3 aromatic rings. The predicted molar refractivity (Wildman–Crippen MR) is 80.0 cm³/mol. The molecule has 0 aliphatic heterocycles. The van der Waals surface area contributed by atoms with Gasteiger partial charge in [-0.05, 0) is 30.3 Å². The fourth-order valence-corrected chi connectivity index (χ4v) is 2.31. The summed E-state index contributed by atoms with van der Waals surface area (Å²) in [6.45, 7) is -0.0309. The lowest BCUT2D eigenvalue weighted by Gasteiger charge is -2.06. The van der Waals surface area contributed by atoms with E-state index < -0.39 is 0 Å². The van der Waals surface area contributed by atoms with Crippen molar-refractivity contribution < 1.29 is 9.53 Å². The maximum Gasteiger partial charge on any atom is 0.270 e. The molecule has 4 nitrogen and oxygen atoms in total. The van der Waals surface area contributed by atoms with Gasteiger partial charge in [0.1, 0.15) is 12.1 Å². The van der Waals surface area contributed by atoms with Gasteiger partial charge in [-0.25, -0.2) is 4.98 Å². The Kier molecular flexibility index (Phi) is 3.52. The summed E-state index contributed by atoms with van der Waals surface area (Å²) >= 11 is 3.36. The first-order chi connectivity index (χ1) is 9.74. The Balaban J connectivity index is 1.76. The fraction of sp³-hybridized carbons (Fsp3) is 0.0667. The molecular formula is C15H11BrN2O2. The number of imidazole rings is 1. The van der Waals surface area contributed by atoms with Crippen molar-refractivity contribution in [1.29, 1.82) is 0 Å². The van der Waals surface area contributed by atoms with Gasteiger partial charge in [0.15, 0.2) is 6.61 Å². The Morgan fingerprint density at radius 1 is 1.20 bits per heavy atom. The number of ether oxygens (including phenoxy) is 1. The molecule has 0 aliphatic carbocycles. The molecule has 100 valence electrons. The summed E-state index contributed by atoms with van der Waals surface area (Å²) in [5, 5.41) is 0. The van der Waals surface area contributed by atoms with Crippen LogP contribution >= 0.6 is 15.9 Å². The minimum absolute atomic E-state index is 0.0309. The number of carbonyl (C=O) groups is 1. The van der Waals surface area contributed by atoms with Gasteiger partial charge in [-0.2, -0.15) is 0 Å². The number of fused-ring (bicyclic) bond motifs is 1. The summed E-state index contributed by atoms with van der Waals surface area (Å²) in [6, 6.07) is 14.9. The van der Waals surface area contributed by atoms with Crippen molar-refractivity contribution in [3.63, 3.8) is 0 Å². The molecule has 0 bridgehead atoms. The highest BCUT2D eigenvalue weighted by atomic mass is 79.9. The molecule has 0 atom stereocenters. The van der Waals surface area contributed by atoms with Crippen LogP contribution in [0.3, 0.4) is 0 Å². The molecule has 0 spiro atoms. The number of para-hydroxylation sites is 2. The predicted octanol–water partition coefficient (Wildman–Crippen LogP) is 3.52. The molecule has 0 unspecified atom stereocenters. The third-order valence-corrected chi connectivity index (χ3v) is 3.37. The Labute approximate surface area is 124 Å². The van der Waals surface area contributed by atoms with E-state index in [0.717, 1.165) is 15.5 Å². The maximum absolute atomic E-state index is 12.2. The van der Waals surface area contributed by atoms with Crippen LogP contribution in [0.25, 0.3) is 11.0 Å². The molecule has 0 saturated heterocycles. The molecule has 0 amide bonds. The van der Waals surface area contributed by atoms with Crippen LogP contribution in [0.2, 0.25) is 0 Å². The van der Waals surface area contributed by atoms with Crippen molar-refractivity contribution in [2.24, 2.45) is 0 Å². The molecule has 20 heavy (non-hydrogen) atoms. The molecule has 1 aromatic heterocycles. The van der Waals surface area contributed by atoms with E-state index in [1.54, 1.807) is 0 Å². The highest BCUT2D eigenvalue weighted by Crippen LogP contribution is 2.18. The van der Waals surface area contributed by atoms with Gasteiger partial charge >= 0.3 is 0 Å². The standard InChI is InChI=1S/C15H11BrN2O2/c16-11-4-3-5-12(8-11)20-9-15(19)18-10-17-13-6-1-2-7-14(13)18/h1-8,10H,9H2. The first-order valence-corrected chi connectivity index (χ1v) is 6.87. The van der Waals surface area contributed by atoms with Crippen molar-refractivity contribution >= 4 is 32.9 Å². The van der Waals surface area contributed by atoms with Crippen molar-refractivity contribution in [3.8, 4) is 5.75 Å². The molecule has 5 heteroatoms. The molecule has 1 heterocycles. The second kappa shape index (κ2) is 5.46. The van der Waals surface area contributed by atoms with E-state index in [-0.39, 0.29) is 12.5 Å². The van der Waals surface area contributed by atoms with Crippen molar-refractivity contribution in [3.05, 3.63) is 59.3 Å². The van der Waals surface area contributed by atoms with E-state index in [0.29, 0.717) is 5.75 Å². The molecule has 0 fully saturated rings. The SMILES string of the molecule is O=C(COc1cccc(Br)c1)n1cnc2ccccc21. The molecular weight excluding hydrogens is 320 g/mol. The van der Waals surface area contributed by atoms with Crippen molar-refractivity contribution in [2.45, 2.75) is 0 Å². The third-order valence-electron chi connectivity index (χ3n) is 2.88. The molecule has 0 N–H and O–H groups in total. The van der Waals surface area contributed by atoms with Gasteiger partial charge in [0.25, 0.3) is 5.91 Å². The highest BCUT2D eigenvalue weighted by molar-refractivity contribution is 9.10. The van der Waals surface area contributed by atoms with E-state index >= 15 is 0 Å². The summed E-state index contributed by atoms with van der Waals surface area (Å²) in [4.78, 5) is 16.4. The monoisotopic (exact) mass is 330 g/mol. The second-order valence-corrected chi connectivity index (χ2v) is 5.16. The number of benzene rings is 2. The smallest absolute Gasteiger partial charge is 0.270 e. The summed E-state index contributed by atoms with van der Waals surface area (Å²) in [5.74, 6) is 0.496.